The van der Waals surface area contributed by atoms with Gasteiger partial charge in [-0.1, -0.05) is 41.5 Å². The number of phenols is 1. The zero-order valence-electron chi connectivity index (χ0n) is 17.0. The summed E-state index contributed by atoms with van der Waals surface area (Å²) in [5.74, 6) is 1.23. The molecule has 0 saturated heterocycles. The van der Waals surface area contributed by atoms with Crippen LogP contribution in [0.4, 0.5) is 0 Å². The fraction of sp³-hybridized carbons (Fsp3) is 0.455. The summed E-state index contributed by atoms with van der Waals surface area (Å²) in [5.41, 5.74) is 4.74. The average molecular weight is 370 g/mol. The number of rotatable bonds is 5. The van der Waals surface area contributed by atoms with Crippen LogP contribution in [0.3, 0.4) is 0 Å². The Bertz CT molecular complexity index is 918. The molecule has 0 fully saturated rings. The van der Waals surface area contributed by atoms with Crippen LogP contribution in [-0.4, -0.2) is 18.4 Å². The van der Waals surface area contributed by atoms with Gasteiger partial charge in [0.05, 0.1) is 11.0 Å². The van der Waals surface area contributed by atoms with Gasteiger partial charge in [-0.2, -0.15) is 0 Å². The van der Waals surface area contributed by atoms with E-state index in [2.05, 4.69) is 65.6 Å². The summed E-state index contributed by atoms with van der Waals surface area (Å²) in [6, 6.07) is 9.86. The zero-order valence-corrected chi connectivity index (χ0v) is 18.0. The molecule has 26 heavy (non-hydrogen) atoms. The van der Waals surface area contributed by atoms with Crippen LogP contribution in [0.2, 0.25) is 16.6 Å². The second-order valence-electron chi connectivity index (χ2n) is 8.46. The summed E-state index contributed by atoms with van der Waals surface area (Å²) in [6.07, 6.45) is 0. The molecule has 3 aromatic rings. The van der Waals surface area contributed by atoms with E-state index in [0.29, 0.717) is 16.6 Å². The fourth-order valence-electron chi connectivity index (χ4n) is 4.72. The number of aromatic nitrogens is 1. The van der Waals surface area contributed by atoms with Crippen LogP contribution in [0.25, 0.3) is 21.8 Å². The molecule has 1 heterocycles. The first-order valence-electron chi connectivity index (χ1n) is 9.60. The summed E-state index contributed by atoms with van der Waals surface area (Å²) in [5, 5.41) is 12.1. The van der Waals surface area contributed by atoms with Crippen molar-refractivity contribution in [2.24, 2.45) is 0 Å². The zero-order chi connectivity index (χ0) is 19.2. The van der Waals surface area contributed by atoms with E-state index < -0.39 is 8.32 Å². The maximum Gasteiger partial charge on any atom is 0.258 e. The van der Waals surface area contributed by atoms with Crippen molar-refractivity contribution in [3.8, 4) is 11.5 Å². The van der Waals surface area contributed by atoms with E-state index in [-0.39, 0.29) is 5.75 Å². The minimum absolute atomic E-state index is 0.276. The Morgan fingerprint density at radius 1 is 0.885 bits per heavy atom. The topological polar surface area (TPSA) is 45.2 Å². The van der Waals surface area contributed by atoms with Crippen LogP contribution in [0.1, 0.15) is 47.1 Å². The molecule has 2 N–H and O–H groups in total. The molecule has 3 rings (SSSR count). The van der Waals surface area contributed by atoms with Crippen molar-refractivity contribution in [1.29, 1.82) is 0 Å². The van der Waals surface area contributed by atoms with Gasteiger partial charge in [0, 0.05) is 16.8 Å². The third-order valence-corrected chi connectivity index (χ3v) is 11.8. The largest absolute Gasteiger partial charge is 0.541 e. The van der Waals surface area contributed by atoms with Crippen molar-refractivity contribution in [3.63, 3.8) is 0 Å². The number of aryl methyl sites for hydroxylation is 1. The monoisotopic (exact) mass is 369 g/mol. The summed E-state index contributed by atoms with van der Waals surface area (Å²) < 4.78 is 6.99. The van der Waals surface area contributed by atoms with Crippen molar-refractivity contribution in [2.45, 2.75) is 65.1 Å². The molecule has 0 radical (unpaired) electrons. The highest BCUT2D eigenvalue weighted by molar-refractivity contribution is 6.78. The van der Waals surface area contributed by atoms with Gasteiger partial charge in [-0.25, -0.2) is 0 Å². The van der Waals surface area contributed by atoms with Crippen molar-refractivity contribution in [1.82, 2.24) is 4.98 Å². The van der Waals surface area contributed by atoms with Crippen LogP contribution >= 0.6 is 0 Å². The third-order valence-electron chi connectivity index (χ3n) is 5.79. The predicted octanol–water partition coefficient (Wildman–Crippen LogP) is 6.89. The highest BCUT2D eigenvalue weighted by Crippen LogP contribution is 2.45. The van der Waals surface area contributed by atoms with Gasteiger partial charge in [0.15, 0.2) is 0 Å². The Labute approximate surface area is 157 Å². The normalized spacial score (nSPS) is 12.8. The third kappa shape index (κ3) is 2.90. The lowest BCUT2D eigenvalue weighted by molar-refractivity contribution is 0.476. The van der Waals surface area contributed by atoms with Crippen molar-refractivity contribution in [3.05, 3.63) is 35.9 Å². The van der Waals surface area contributed by atoms with Crippen LogP contribution < -0.4 is 4.43 Å². The molecule has 0 spiro atoms. The smallest absolute Gasteiger partial charge is 0.258 e. The first kappa shape index (κ1) is 18.8. The number of aromatic hydroxyl groups is 1. The van der Waals surface area contributed by atoms with Gasteiger partial charge in [-0.15, -0.1) is 0 Å². The number of benzene rings is 2. The summed E-state index contributed by atoms with van der Waals surface area (Å²) in [6.45, 7) is 16.0. The molecule has 0 atom stereocenters. The lowest BCUT2D eigenvalue weighted by Gasteiger charge is -2.42. The number of hydrogen-bond acceptors (Lipinski definition) is 2. The molecule has 0 amide bonds. The number of fused-ring (bicyclic) bond motifs is 3. The molecule has 3 nitrogen and oxygen atoms in total. The second kappa shape index (κ2) is 6.65. The number of phenolic OH excluding ortho intramolecular Hbond substituents is 1. The number of nitrogens with one attached hydrogen (secondary N) is 1. The Balaban J connectivity index is 2.25. The molecule has 1 aromatic heterocycles. The van der Waals surface area contributed by atoms with Gasteiger partial charge in [-0.05, 0) is 53.4 Å². The first-order valence-corrected chi connectivity index (χ1v) is 11.7. The Kier molecular flexibility index (Phi) is 4.82. The molecule has 0 aliphatic carbocycles. The van der Waals surface area contributed by atoms with E-state index in [1.165, 1.54) is 5.56 Å². The minimum Gasteiger partial charge on any atom is -0.541 e. The maximum absolute atomic E-state index is 9.84. The highest BCUT2D eigenvalue weighted by atomic mass is 28.4. The highest BCUT2D eigenvalue weighted by Gasteiger charge is 2.47. The molecular formula is C22H31NO2Si. The summed E-state index contributed by atoms with van der Waals surface area (Å²) in [7, 11) is -2.04. The Morgan fingerprint density at radius 3 is 2.08 bits per heavy atom. The van der Waals surface area contributed by atoms with Gasteiger partial charge >= 0.3 is 0 Å². The van der Waals surface area contributed by atoms with E-state index in [0.717, 1.165) is 27.6 Å². The first-order chi connectivity index (χ1) is 12.2. The summed E-state index contributed by atoms with van der Waals surface area (Å²) >= 11 is 0. The predicted molar refractivity (Wildman–Crippen MR) is 114 cm³/mol. The molecule has 4 heteroatoms. The fourth-order valence-corrected chi connectivity index (χ4v) is 9.97. The second-order valence-corrected chi connectivity index (χ2v) is 13.8. The molecule has 0 unspecified atom stereocenters. The van der Waals surface area contributed by atoms with Crippen LogP contribution in [0, 0.1) is 6.92 Å². The van der Waals surface area contributed by atoms with Gasteiger partial charge in [-0.3, -0.25) is 0 Å². The van der Waals surface area contributed by atoms with Gasteiger partial charge in [0.2, 0.25) is 0 Å². The van der Waals surface area contributed by atoms with Crippen LogP contribution in [0.5, 0.6) is 11.5 Å². The maximum atomic E-state index is 9.84. The lowest BCUT2D eigenvalue weighted by atomic mass is 10.1. The van der Waals surface area contributed by atoms with Crippen LogP contribution in [0.15, 0.2) is 30.3 Å². The molecule has 0 aliphatic rings. The van der Waals surface area contributed by atoms with E-state index in [1.54, 1.807) is 12.1 Å². The number of hydrogen-bond donors (Lipinski definition) is 2. The van der Waals surface area contributed by atoms with Crippen molar-refractivity contribution < 1.29 is 9.53 Å². The van der Waals surface area contributed by atoms with Gasteiger partial charge in [0.25, 0.3) is 8.32 Å². The average Bonchev–Trinajstić information content (AvgIpc) is 2.88. The van der Waals surface area contributed by atoms with Gasteiger partial charge < -0.3 is 14.5 Å². The van der Waals surface area contributed by atoms with E-state index >= 15 is 0 Å². The number of H-pyrrole nitrogens is 1. The summed E-state index contributed by atoms with van der Waals surface area (Å²) in [4.78, 5) is 3.49. The molecule has 0 bridgehead atoms. The van der Waals surface area contributed by atoms with Crippen LogP contribution in [-0.2, 0) is 0 Å². The van der Waals surface area contributed by atoms with Crippen molar-refractivity contribution >= 4 is 30.1 Å². The Morgan fingerprint density at radius 2 is 1.50 bits per heavy atom. The van der Waals surface area contributed by atoms with E-state index in [1.807, 2.05) is 6.07 Å². The standard InChI is InChI=1S/C22H31NO2Si/c1-13(2)26(14(3)4,15(5)6)25-21-11-16(7)10-19-18-9-8-17(24)12-20(18)23-22(19)21/h8-15,23-24H,1-7H3. The Hall–Kier alpha value is -1.94. The lowest BCUT2D eigenvalue weighted by Crippen LogP contribution is -2.50. The SMILES string of the molecule is Cc1cc(O[Si](C(C)C)(C(C)C)C(C)C)c2[nH]c3cc(O)ccc3c2c1. The van der Waals surface area contributed by atoms with Gasteiger partial charge in [0.1, 0.15) is 11.5 Å². The quantitative estimate of drug-likeness (QED) is 0.481. The van der Waals surface area contributed by atoms with Crippen molar-refractivity contribution in [2.75, 3.05) is 0 Å². The minimum atomic E-state index is -2.04. The molecule has 140 valence electrons. The number of aromatic amines is 1. The van der Waals surface area contributed by atoms with E-state index in [4.69, 9.17) is 4.43 Å². The molecular weight excluding hydrogens is 338 g/mol. The molecule has 0 aliphatic heterocycles. The van der Waals surface area contributed by atoms with E-state index in [9.17, 15) is 5.11 Å². The molecule has 0 saturated carbocycles. The molecule has 2 aromatic carbocycles.